The third-order valence-corrected chi connectivity index (χ3v) is 34.4. The molecule has 68 heavy (non-hydrogen) atoms. The van der Waals surface area contributed by atoms with Crippen LogP contribution < -0.4 is 57.8 Å². The van der Waals surface area contributed by atoms with Crippen LogP contribution in [-0.4, -0.2) is 0 Å². The first-order valence-corrected chi connectivity index (χ1v) is 31.0. The molecule has 0 spiro atoms. The Bertz CT molecular complexity index is 2880. The average Bonchev–Trinajstić information content (AvgIpc) is 3.41. The van der Waals surface area contributed by atoms with Crippen LogP contribution >= 0.6 is 29.1 Å². The van der Waals surface area contributed by atoms with Crippen LogP contribution in [0.1, 0.15) is 25.0 Å². The second kappa shape index (κ2) is 19.0. The summed E-state index contributed by atoms with van der Waals surface area (Å²) in [5.41, 5.74) is 2.00. The molecule has 1 heterocycles. The average molecular weight is 949 g/mol. The summed E-state index contributed by atoms with van der Waals surface area (Å²) in [4.78, 5) is 0. The van der Waals surface area contributed by atoms with E-state index in [0.29, 0.717) is 0 Å². The molecule has 0 amide bonds. The van der Waals surface area contributed by atoms with Gasteiger partial charge in [-0.15, -0.1) is 0 Å². The molecule has 0 radical (unpaired) electrons. The Morgan fingerprint density at radius 3 is 0.765 bits per heavy atom. The quantitative estimate of drug-likeness (QED) is 0.111. The maximum absolute atomic E-state index is 8.19. The highest BCUT2D eigenvalue weighted by Crippen LogP contribution is 2.83. The van der Waals surface area contributed by atoms with Gasteiger partial charge in [-0.25, -0.2) is 0 Å². The first-order valence-electron chi connectivity index (χ1n) is 23.3. The van der Waals surface area contributed by atoms with Crippen LogP contribution in [0, 0.1) is 0 Å². The van der Waals surface area contributed by atoms with Gasteiger partial charge < -0.3 is 4.74 Å². The van der Waals surface area contributed by atoms with Crippen molar-refractivity contribution in [3.05, 3.63) is 290 Å². The van der Waals surface area contributed by atoms with E-state index in [-0.39, 0.29) is 0 Å². The largest absolute Gasteiger partial charge is 0.448 e. The summed E-state index contributed by atoms with van der Waals surface area (Å²) in [6, 6.07) is 105. The van der Waals surface area contributed by atoms with Crippen molar-refractivity contribution in [3.63, 3.8) is 0 Å². The number of hydrogen-bond acceptors (Lipinski definition) is 1. The van der Waals surface area contributed by atoms with Gasteiger partial charge in [-0.1, -0.05) is 232 Å². The first kappa shape index (κ1) is 44.2. The van der Waals surface area contributed by atoms with Gasteiger partial charge in [0.25, 0.3) is 0 Å². The second-order valence-electron chi connectivity index (χ2n) is 17.6. The minimum absolute atomic E-state index is 0.425. The van der Waals surface area contributed by atoms with Crippen LogP contribution in [0.5, 0.6) is 11.5 Å². The molecule has 11 rings (SSSR count). The molecule has 0 saturated heterocycles. The molecule has 0 unspecified atom stereocenters. The third kappa shape index (κ3) is 7.50. The van der Waals surface area contributed by atoms with E-state index in [2.05, 4.69) is 293 Å². The Balaban J connectivity index is 1.27. The highest BCUT2D eigenvalue weighted by Gasteiger charge is 2.60. The molecule has 0 bridgehead atoms. The predicted octanol–water partition coefficient (Wildman–Crippen LogP) is 12.8. The van der Waals surface area contributed by atoms with Gasteiger partial charge in [-0.2, -0.15) is 0 Å². The van der Waals surface area contributed by atoms with Gasteiger partial charge >= 0.3 is 0 Å². The lowest BCUT2D eigenvalue weighted by atomic mass is 9.76. The zero-order chi connectivity index (χ0) is 46.0. The zero-order valence-corrected chi connectivity index (χ0v) is 41.8. The molecule has 0 atom stereocenters. The van der Waals surface area contributed by atoms with Gasteiger partial charge in [0.1, 0.15) is 50.3 Å². The zero-order valence-electron chi connectivity index (χ0n) is 38.3. The maximum Gasteiger partial charge on any atom is 0.174 e. The standard InChI is InChI=1S/C63H52OP4/c1-63(2)57-45-27-47-59(67(53-37-19-7-20-38-53,54-39-21-8-22-40-54)65(49-29-11-3-12-30-49)50-31-13-4-14-32-50)61(57)64-62-58(63)46-28-48-60(62)68(55-41-23-9-24-42-55,56-43-25-10-26-44-56)66(51-33-15-5-16-34-51)52-35-17-6-18-36-52/h3-48H,1-2H3/q+2. The third-order valence-electron chi connectivity index (χ3n) is 13.4. The fourth-order valence-corrected chi connectivity index (χ4v) is 33.5. The molecule has 10 aromatic carbocycles. The molecule has 1 aliphatic rings. The van der Waals surface area contributed by atoms with Crippen molar-refractivity contribution in [2.24, 2.45) is 0 Å². The van der Waals surface area contributed by atoms with Crippen LogP contribution in [-0.2, 0) is 5.41 Å². The Morgan fingerprint density at radius 2 is 0.515 bits per heavy atom. The SMILES string of the molecule is CC1(C)c2cccc([P+](c3ccccc3)(c3ccccc3)P(c3ccccc3)c3ccccc3)c2Oc2c1cccc2[P+](c1ccccc1)(c1ccccc1)P(c1ccccc1)c1ccccc1. The maximum atomic E-state index is 8.19. The smallest absolute Gasteiger partial charge is 0.174 e. The van der Waals surface area contributed by atoms with Crippen molar-refractivity contribution in [1.29, 1.82) is 0 Å². The van der Waals surface area contributed by atoms with Gasteiger partial charge in [-0.05, 0) is 60.7 Å². The van der Waals surface area contributed by atoms with Crippen LogP contribution in [0.4, 0.5) is 0 Å². The van der Waals surface area contributed by atoms with Crippen molar-refractivity contribution < 1.29 is 4.74 Å². The number of rotatable bonds is 12. The van der Waals surface area contributed by atoms with Crippen molar-refractivity contribution in [2.45, 2.75) is 19.3 Å². The van der Waals surface area contributed by atoms with Crippen LogP contribution in [0.2, 0.25) is 0 Å². The van der Waals surface area contributed by atoms with Gasteiger partial charge in [-0.3, -0.25) is 0 Å². The second-order valence-corrected chi connectivity index (χ2v) is 32.5. The van der Waals surface area contributed by atoms with E-state index in [0.717, 1.165) is 11.5 Å². The summed E-state index contributed by atoms with van der Waals surface area (Å²) in [6.45, 7) is -0.495. The van der Waals surface area contributed by atoms with Crippen molar-refractivity contribution in [1.82, 2.24) is 0 Å². The molecule has 0 aliphatic carbocycles. The molecule has 1 nitrogen and oxygen atoms in total. The van der Waals surface area contributed by atoms with E-state index in [1.807, 2.05) is 0 Å². The van der Waals surface area contributed by atoms with Gasteiger partial charge in [0.05, 0.1) is 0 Å². The molecule has 0 N–H and O–H groups in total. The highest BCUT2D eigenvalue weighted by atomic mass is 32.1. The van der Waals surface area contributed by atoms with E-state index in [1.54, 1.807) is 0 Å². The minimum atomic E-state index is -2.67. The molecule has 0 aromatic heterocycles. The summed E-state index contributed by atoms with van der Waals surface area (Å²) in [6.07, 6.45) is 0. The Morgan fingerprint density at radius 1 is 0.279 bits per heavy atom. The molecule has 1 aliphatic heterocycles. The Hall–Kier alpha value is -6.28. The number of ether oxygens (including phenoxy) is 1. The first-order chi connectivity index (χ1) is 33.5. The lowest BCUT2D eigenvalue weighted by molar-refractivity contribution is 0.425. The fraction of sp³-hybridized carbons (Fsp3) is 0.0476. The molecule has 0 saturated carbocycles. The Kier molecular flexibility index (Phi) is 12.4. The number of benzene rings is 10. The number of para-hydroxylation sites is 2. The topological polar surface area (TPSA) is 9.23 Å². The molecule has 328 valence electrons. The lowest BCUT2D eigenvalue weighted by Gasteiger charge is -2.41. The molecular weight excluding hydrogens is 897 g/mol. The molecule has 10 aromatic rings. The lowest BCUT2D eigenvalue weighted by Crippen LogP contribution is -2.39. The van der Waals surface area contributed by atoms with Gasteiger partial charge in [0.15, 0.2) is 22.1 Å². The number of fused-ring (bicyclic) bond motifs is 2. The summed E-state index contributed by atoms with van der Waals surface area (Å²) >= 11 is 0. The van der Waals surface area contributed by atoms with E-state index in [1.165, 1.54) is 64.2 Å². The van der Waals surface area contributed by atoms with E-state index in [9.17, 15) is 0 Å². The van der Waals surface area contributed by atoms with E-state index >= 15 is 0 Å². The fourth-order valence-electron chi connectivity index (χ4n) is 10.4. The Labute approximate surface area is 405 Å². The normalized spacial score (nSPS) is 13.1. The monoisotopic (exact) mass is 948 g/mol. The molecule has 5 heteroatoms. The summed E-state index contributed by atoms with van der Waals surface area (Å²) in [5.74, 6) is 1.97. The minimum Gasteiger partial charge on any atom is -0.448 e. The highest BCUT2D eigenvalue weighted by molar-refractivity contribution is 8.53. The molecular formula is C63H52OP4+2. The van der Waals surface area contributed by atoms with Crippen molar-refractivity contribution in [2.75, 3.05) is 0 Å². The summed E-state index contributed by atoms with van der Waals surface area (Å²) < 4.78 is 8.19. The summed E-state index contributed by atoms with van der Waals surface area (Å²) in [7, 11) is -2.15. The van der Waals surface area contributed by atoms with E-state index in [4.69, 9.17) is 4.74 Å². The van der Waals surface area contributed by atoms with Crippen LogP contribution in [0.3, 0.4) is 0 Å². The van der Waals surface area contributed by atoms with Crippen molar-refractivity contribution >= 4 is 82.2 Å². The summed E-state index contributed by atoms with van der Waals surface area (Å²) in [5, 5.41) is 13.3. The van der Waals surface area contributed by atoms with E-state index < -0.39 is 34.5 Å². The van der Waals surface area contributed by atoms with Crippen molar-refractivity contribution in [3.8, 4) is 11.5 Å². The number of hydrogen-bond donors (Lipinski definition) is 0. The predicted molar refractivity (Wildman–Crippen MR) is 301 cm³/mol. The molecule has 0 fully saturated rings. The van der Waals surface area contributed by atoms with Gasteiger partial charge in [0.2, 0.25) is 0 Å². The van der Waals surface area contributed by atoms with Crippen LogP contribution in [0.25, 0.3) is 0 Å². The van der Waals surface area contributed by atoms with Crippen LogP contribution in [0.15, 0.2) is 279 Å². The van der Waals surface area contributed by atoms with Gasteiger partial charge in [0, 0.05) is 37.8 Å².